The summed E-state index contributed by atoms with van der Waals surface area (Å²) >= 11 is 1.25. The normalized spacial score (nSPS) is 14.8. The van der Waals surface area contributed by atoms with Gasteiger partial charge in [0.25, 0.3) is 0 Å². The molecule has 0 bridgehead atoms. The molecule has 0 amide bonds. The highest BCUT2D eigenvalue weighted by Gasteiger charge is 2.45. The van der Waals surface area contributed by atoms with Crippen molar-refractivity contribution >= 4 is 19.2 Å². The van der Waals surface area contributed by atoms with Crippen molar-refractivity contribution in [3.8, 4) is 17.3 Å². The summed E-state index contributed by atoms with van der Waals surface area (Å²) in [6, 6.07) is 11.8. The van der Waals surface area contributed by atoms with Crippen LogP contribution in [0.5, 0.6) is 0 Å². The highest BCUT2D eigenvalue weighted by atomic mass is 32.1. The molecule has 0 saturated heterocycles. The number of halogens is 2. The molecule has 4 aromatic rings. The van der Waals surface area contributed by atoms with Crippen LogP contribution in [0.4, 0.5) is 8.78 Å². The van der Waals surface area contributed by atoms with E-state index in [1.54, 1.807) is 36.6 Å². The number of aliphatic hydroxyl groups is 1. The van der Waals surface area contributed by atoms with Gasteiger partial charge in [0.15, 0.2) is 0 Å². The molecule has 4 rings (SSSR count). The first-order chi connectivity index (χ1) is 19.0. The van der Waals surface area contributed by atoms with Crippen LogP contribution in [0.25, 0.3) is 11.3 Å². The second kappa shape index (κ2) is 12.4. The summed E-state index contributed by atoms with van der Waals surface area (Å²) in [6.45, 7) is 0.145. The van der Waals surface area contributed by atoms with Gasteiger partial charge >= 0.3 is 7.82 Å². The van der Waals surface area contributed by atoms with E-state index in [2.05, 4.69) is 20.7 Å². The quantitative estimate of drug-likeness (QED) is 0.207. The summed E-state index contributed by atoms with van der Waals surface area (Å²) in [7, 11) is -5.01. The number of aliphatic hydroxyl groups excluding tert-OH is 1. The number of thiazole rings is 1. The molecule has 2 aromatic heterocycles. The number of aromatic nitrogens is 4. The Morgan fingerprint density at radius 3 is 2.58 bits per heavy atom. The minimum atomic E-state index is -5.01. The van der Waals surface area contributed by atoms with Gasteiger partial charge in [0, 0.05) is 28.5 Å². The summed E-state index contributed by atoms with van der Waals surface area (Å²) in [4.78, 5) is 27.1. The van der Waals surface area contributed by atoms with Crippen LogP contribution < -0.4 is 0 Å². The summed E-state index contributed by atoms with van der Waals surface area (Å²) in [6.07, 6.45) is 1.15. The molecule has 2 heterocycles. The number of ether oxygens (including phenoxy) is 1. The first-order valence-corrected chi connectivity index (χ1v) is 14.2. The summed E-state index contributed by atoms with van der Waals surface area (Å²) in [5.41, 5.74) is 0.0238. The first-order valence-electron chi connectivity index (χ1n) is 11.8. The molecular formula is C25H24F2N5O6PS. The molecular weight excluding hydrogens is 567 g/mol. The van der Waals surface area contributed by atoms with Crippen LogP contribution in [0.15, 0.2) is 60.5 Å². The number of hydrogen-bond donors (Lipinski definition) is 3. The van der Waals surface area contributed by atoms with E-state index in [9.17, 15) is 23.8 Å². The monoisotopic (exact) mass is 591 g/mol. The van der Waals surface area contributed by atoms with Crippen LogP contribution in [0, 0.1) is 23.0 Å². The van der Waals surface area contributed by atoms with E-state index in [0.717, 1.165) is 11.6 Å². The Balaban J connectivity index is 1.81. The van der Waals surface area contributed by atoms with Gasteiger partial charge in [-0.05, 0) is 18.2 Å². The number of hydrogen-bond acceptors (Lipinski definition) is 9. The van der Waals surface area contributed by atoms with Crippen LogP contribution in [0.1, 0.15) is 29.0 Å². The Labute approximate surface area is 231 Å². The third-order valence-corrected chi connectivity index (χ3v) is 7.77. The smallest absolute Gasteiger partial charge is 0.394 e. The molecule has 0 aliphatic heterocycles. The van der Waals surface area contributed by atoms with E-state index in [1.807, 2.05) is 0 Å². The van der Waals surface area contributed by atoms with Gasteiger partial charge in [-0.25, -0.2) is 28.0 Å². The van der Waals surface area contributed by atoms with Gasteiger partial charge < -0.3 is 19.6 Å². The van der Waals surface area contributed by atoms with Gasteiger partial charge in [0.2, 0.25) is 0 Å². The molecule has 15 heteroatoms. The van der Waals surface area contributed by atoms with Crippen LogP contribution in [0.2, 0.25) is 0 Å². The van der Waals surface area contributed by atoms with Gasteiger partial charge in [0.05, 0.1) is 42.1 Å². The van der Waals surface area contributed by atoms with E-state index >= 15 is 4.39 Å². The van der Waals surface area contributed by atoms with Gasteiger partial charge in [-0.15, -0.1) is 11.3 Å². The molecule has 0 aliphatic rings. The molecule has 0 aliphatic carbocycles. The average Bonchev–Trinajstić information content (AvgIpc) is 3.62. The SMILES string of the molecule is C[C@@H](c1nc(-c2ccc(C#N)cc2)cs1)[C@@](Cn1cncn1)(OCC(CO)OP(=O)(O)O)c1ccc(F)cc1F. The van der Waals surface area contributed by atoms with Crippen molar-refractivity contribution in [2.75, 3.05) is 13.2 Å². The molecule has 0 fully saturated rings. The van der Waals surface area contributed by atoms with Gasteiger partial charge in [-0.3, -0.25) is 4.52 Å². The fraction of sp³-hybridized carbons (Fsp3) is 0.280. The Bertz CT molecular complexity index is 1530. The largest absolute Gasteiger partial charge is 0.470 e. The lowest BCUT2D eigenvalue weighted by molar-refractivity contribution is -0.116. The van der Waals surface area contributed by atoms with Crippen LogP contribution in [-0.2, 0) is 26.0 Å². The Morgan fingerprint density at radius 1 is 1.23 bits per heavy atom. The standard InChI is InChI=1S/C25H24F2N5O6PS/c1-16(24-31-23(12-40-24)18-4-2-17(9-28)3-5-18)25(13-32-15-29-14-30-32,21-7-6-19(26)8-22(21)27)37-11-20(10-33)38-39(34,35)36/h2-8,12,14-16,20,33H,10-11,13H2,1H3,(H2,34,35,36)/t16-,20?,25+/m0/s1. The Morgan fingerprint density at radius 2 is 1.98 bits per heavy atom. The van der Waals surface area contributed by atoms with Crippen LogP contribution >= 0.6 is 19.2 Å². The molecule has 0 saturated carbocycles. The maximum atomic E-state index is 15.5. The second-order valence-electron chi connectivity index (χ2n) is 8.80. The lowest BCUT2D eigenvalue weighted by Crippen LogP contribution is -2.43. The molecule has 11 nitrogen and oxygen atoms in total. The zero-order chi connectivity index (χ0) is 28.9. The zero-order valence-corrected chi connectivity index (χ0v) is 22.7. The van der Waals surface area contributed by atoms with Gasteiger partial charge in [-0.2, -0.15) is 10.4 Å². The maximum absolute atomic E-state index is 15.5. The van der Waals surface area contributed by atoms with Crippen molar-refractivity contribution < 1.29 is 37.5 Å². The number of nitrogens with zero attached hydrogens (tertiary/aromatic N) is 5. The van der Waals surface area contributed by atoms with E-state index in [1.165, 1.54) is 34.7 Å². The molecule has 40 heavy (non-hydrogen) atoms. The van der Waals surface area contributed by atoms with E-state index in [4.69, 9.17) is 15.0 Å². The Hall–Kier alpha value is -3.41. The number of phosphoric acid groups is 1. The topological polar surface area (TPSA) is 164 Å². The third kappa shape index (κ3) is 6.83. The summed E-state index contributed by atoms with van der Waals surface area (Å²) in [5, 5.41) is 25.1. The fourth-order valence-electron chi connectivity index (χ4n) is 4.18. The van der Waals surface area contributed by atoms with Crippen molar-refractivity contribution in [1.82, 2.24) is 19.7 Å². The predicted octanol–water partition coefficient (Wildman–Crippen LogP) is 3.74. The Kier molecular flexibility index (Phi) is 9.17. The number of rotatable bonds is 12. The third-order valence-electron chi connectivity index (χ3n) is 6.17. The predicted molar refractivity (Wildman–Crippen MR) is 139 cm³/mol. The number of nitriles is 1. The molecule has 3 atom stereocenters. The maximum Gasteiger partial charge on any atom is 0.470 e. The van der Waals surface area contributed by atoms with Crippen molar-refractivity contribution in [1.29, 1.82) is 5.26 Å². The summed E-state index contributed by atoms with van der Waals surface area (Å²) in [5.74, 6) is -2.52. The van der Waals surface area contributed by atoms with Gasteiger partial charge in [0.1, 0.15) is 36.0 Å². The zero-order valence-electron chi connectivity index (χ0n) is 21.0. The van der Waals surface area contributed by atoms with E-state index in [0.29, 0.717) is 22.3 Å². The van der Waals surface area contributed by atoms with Crippen molar-refractivity contribution in [2.45, 2.75) is 31.1 Å². The number of phosphoric ester groups is 1. The lowest BCUT2D eigenvalue weighted by atomic mass is 9.81. The van der Waals surface area contributed by atoms with E-state index in [-0.39, 0.29) is 12.1 Å². The van der Waals surface area contributed by atoms with Crippen LogP contribution in [-0.4, -0.2) is 54.0 Å². The highest BCUT2D eigenvalue weighted by Crippen LogP contribution is 2.45. The van der Waals surface area contributed by atoms with Gasteiger partial charge in [-0.1, -0.05) is 25.1 Å². The lowest BCUT2D eigenvalue weighted by Gasteiger charge is -2.39. The molecule has 2 aromatic carbocycles. The second-order valence-corrected chi connectivity index (χ2v) is 10.9. The molecule has 1 unspecified atom stereocenters. The number of benzene rings is 2. The first kappa shape index (κ1) is 29.6. The molecule has 3 N–H and O–H groups in total. The van der Waals surface area contributed by atoms with E-state index < -0.39 is 50.3 Å². The highest BCUT2D eigenvalue weighted by molar-refractivity contribution is 7.46. The minimum Gasteiger partial charge on any atom is -0.394 e. The van der Waals surface area contributed by atoms with Crippen molar-refractivity contribution in [2.24, 2.45) is 0 Å². The summed E-state index contributed by atoms with van der Waals surface area (Å²) < 4.78 is 53.1. The average molecular weight is 592 g/mol. The molecule has 0 spiro atoms. The molecule has 0 radical (unpaired) electrons. The van der Waals surface area contributed by atoms with Crippen molar-refractivity contribution in [3.63, 3.8) is 0 Å². The minimum absolute atomic E-state index is 0.0834. The van der Waals surface area contributed by atoms with Crippen molar-refractivity contribution in [3.05, 3.63) is 88.3 Å². The van der Waals surface area contributed by atoms with Crippen LogP contribution in [0.3, 0.4) is 0 Å². The fourth-order valence-corrected chi connectivity index (χ4v) is 5.66. The molecule has 210 valence electrons.